The molecule has 3 rings (SSSR count). The van der Waals surface area contributed by atoms with E-state index in [4.69, 9.17) is 0 Å². The molecule has 0 N–H and O–H groups in total. The molecule has 6 heteroatoms. The van der Waals surface area contributed by atoms with Crippen LogP contribution in [0.2, 0.25) is 0 Å². The molecule has 0 fully saturated rings. The van der Waals surface area contributed by atoms with E-state index < -0.39 is 0 Å². The van der Waals surface area contributed by atoms with Crippen molar-refractivity contribution in [2.24, 2.45) is 0 Å². The Hall–Kier alpha value is -2.34. The van der Waals surface area contributed by atoms with Crippen LogP contribution in [0.4, 0.5) is 0 Å². The summed E-state index contributed by atoms with van der Waals surface area (Å²) in [6.07, 6.45) is 5.23. The summed E-state index contributed by atoms with van der Waals surface area (Å²) in [6.45, 7) is 1.96. The van der Waals surface area contributed by atoms with Gasteiger partial charge >= 0.3 is 0 Å². The number of aryl methyl sites for hydroxylation is 1. The van der Waals surface area contributed by atoms with Gasteiger partial charge < -0.3 is 0 Å². The fourth-order valence-electron chi connectivity index (χ4n) is 1.77. The SMILES string of the molecule is Cc1cc(SCc2ncccn2)nc(-c2ccccn2)n1. The fraction of sp³-hybridized carbons (Fsp3) is 0.133. The number of thioether (sulfide) groups is 1. The summed E-state index contributed by atoms with van der Waals surface area (Å²) in [6, 6.07) is 9.48. The average Bonchev–Trinajstić information content (AvgIpc) is 2.54. The lowest BCUT2D eigenvalue weighted by molar-refractivity contribution is 0.994. The third-order valence-electron chi connectivity index (χ3n) is 2.69. The van der Waals surface area contributed by atoms with Gasteiger partial charge in [0.15, 0.2) is 5.82 Å². The van der Waals surface area contributed by atoms with Gasteiger partial charge in [-0.05, 0) is 31.2 Å². The van der Waals surface area contributed by atoms with Gasteiger partial charge in [-0.2, -0.15) is 0 Å². The van der Waals surface area contributed by atoms with E-state index in [9.17, 15) is 0 Å². The Morgan fingerprint density at radius 3 is 2.52 bits per heavy atom. The number of hydrogen-bond donors (Lipinski definition) is 0. The highest BCUT2D eigenvalue weighted by Crippen LogP contribution is 2.22. The molecule has 0 aromatic carbocycles. The molecule has 0 aliphatic carbocycles. The van der Waals surface area contributed by atoms with Crippen molar-refractivity contribution < 1.29 is 0 Å². The standard InChI is InChI=1S/C15H13N5S/c1-11-9-14(21-10-13-17-7-4-8-18-13)20-15(19-11)12-5-2-3-6-16-12/h2-9H,10H2,1H3. The highest BCUT2D eigenvalue weighted by atomic mass is 32.2. The van der Waals surface area contributed by atoms with Crippen molar-refractivity contribution in [1.82, 2.24) is 24.9 Å². The van der Waals surface area contributed by atoms with E-state index in [1.807, 2.05) is 37.3 Å². The zero-order valence-corrected chi connectivity index (χ0v) is 12.3. The van der Waals surface area contributed by atoms with Crippen molar-refractivity contribution in [2.75, 3.05) is 0 Å². The smallest absolute Gasteiger partial charge is 0.179 e. The van der Waals surface area contributed by atoms with E-state index in [1.54, 1.807) is 30.4 Å². The second kappa shape index (κ2) is 6.41. The quantitative estimate of drug-likeness (QED) is 0.544. The number of nitrogens with zero attached hydrogens (tertiary/aromatic N) is 5. The van der Waals surface area contributed by atoms with Crippen LogP contribution in [0.5, 0.6) is 0 Å². The van der Waals surface area contributed by atoms with Crippen molar-refractivity contribution >= 4 is 11.8 Å². The van der Waals surface area contributed by atoms with Crippen LogP contribution in [0.15, 0.2) is 53.9 Å². The van der Waals surface area contributed by atoms with Gasteiger partial charge in [0.1, 0.15) is 16.5 Å². The van der Waals surface area contributed by atoms with Gasteiger partial charge in [-0.25, -0.2) is 19.9 Å². The molecule has 0 saturated carbocycles. The van der Waals surface area contributed by atoms with Crippen molar-refractivity contribution in [3.63, 3.8) is 0 Å². The first-order valence-corrected chi connectivity index (χ1v) is 7.45. The number of pyridine rings is 1. The molecular formula is C15H13N5S. The van der Waals surface area contributed by atoms with Crippen LogP contribution in [0, 0.1) is 6.92 Å². The fourth-order valence-corrected chi connectivity index (χ4v) is 2.60. The molecule has 3 heterocycles. The minimum Gasteiger partial charge on any atom is -0.253 e. The normalized spacial score (nSPS) is 10.5. The van der Waals surface area contributed by atoms with Crippen molar-refractivity contribution in [3.05, 3.63) is 60.4 Å². The number of aromatic nitrogens is 5. The molecule has 5 nitrogen and oxygen atoms in total. The van der Waals surface area contributed by atoms with Crippen molar-refractivity contribution in [1.29, 1.82) is 0 Å². The Balaban J connectivity index is 1.82. The van der Waals surface area contributed by atoms with Gasteiger partial charge in [-0.15, -0.1) is 0 Å². The molecule has 0 spiro atoms. The molecule has 0 aliphatic rings. The van der Waals surface area contributed by atoms with E-state index in [0.29, 0.717) is 11.6 Å². The Kier molecular flexibility index (Phi) is 4.16. The second-order valence-electron chi connectivity index (χ2n) is 4.34. The molecule has 0 amide bonds. The minimum atomic E-state index is 0.645. The molecule has 0 radical (unpaired) electrons. The maximum absolute atomic E-state index is 4.55. The summed E-state index contributed by atoms with van der Waals surface area (Å²) in [7, 11) is 0. The third kappa shape index (κ3) is 3.61. The van der Waals surface area contributed by atoms with Crippen LogP contribution in [0.1, 0.15) is 11.5 Å². The van der Waals surface area contributed by atoms with Gasteiger partial charge in [0.05, 0.1) is 5.75 Å². The van der Waals surface area contributed by atoms with E-state index in [-0.39, 0.29) is 0 Å². The summed E-state index contributed by atoms with van der Waals surface area (Å²) in [4.78, 5) is 21.7. The molecule has 104 valence electrons. The molecule has 3 aromatic heterocycles. The summed E-state index contributed by atoms with van der Waals surface area (Å²) >= 11 is 1.59. The number of hydrogen-bond acceptors (Lipinski definition) is 6. The molecule has 21 heavy (non-hydrogen) atoms. The predicted molar refractivity (Wildman–Crippen MR) is 81.6 cm³/mol. The average molecular weight is 295 g/mol. The van der Waals surface area contributed by atoms with Gasteiger partial charge in [-0.3, -0.25) is 4.98 Å². The lowest BCUT2D eigenvalue weighted by Crippen LogP contribution is -1.96. The van der Waals surface area contributed by atoms with Crippen LogP contribution in [-0.4, -0.2) is 24.9 Å². The highest BCUT2D eigenvalue weighted by molar-refractivity contribution is 7.98. The van der Waals surface area contributed by atoms with Crippen LogP contribution < -0.4 is 0 Å². The first-order valence-electron chi connectivity index (χ1n) is 6.47. The summed E-state index contributed by atoms with van der Waals surface area (Å²) < 4.78 is 0. The monoisotopic (exact) mass is 295 g/mol. The lowest BCUT2D eigenvalue weighted by atomic mass is 10.3. The Morgan fingerprint density at radius 1 is 0.952 bits per heavy atom. The molecule has 0 saturated heterocycles. The summed E-state index contributed by atoms with van der Waals surface area (Å²) in [5, 5.41) is 0.899. The molecule has 0 aliphatic heterocycles. The molecule has 0 atom stereocenters. The van der Waals surface area contributed by atoms with Crippen molar-refractivity contribution in [2.45, 2.75) is 17.7 Å². The second-order valence-corrected chi connectivity index (χ2v) is 5.34. The van der Waals surface area contributed by atoms with Crippen LogP contribution in [-0.2, 0) is 5.75 Å². The van der Waals surface area contributed by atoms with E-state index >= 15 is 0 Å². The first kappa shape index (κ1) is 13.6. The highest BCUT2D eigenvalue weighted by Gasteiger charge is 2.07. The maximum Gasteiger partial charge on any atom is 0.179 e. The topological polar surface area (TPSA) is 64.5 Å². The largest absolute Gasteiger partial charge is 0.253 e. The van der Waals surface area contributed by atoms with Gasteiger partial charge in [0.25, 0.3) is 0 Å². The third-order valence-corrected chi connectivity index (χ3v) is 3.60. The molecule has 0 bridgehead atoms. The number of rotatable bonds is 4. The van der Waals surface area contributed by atoms with Crippen LogP contribution >= 0.6 is 11.8 Å². The molecule has 3 aromatic rings. The van der Waals surface area contributed by atoms with E-state index in [0.717, 1.165) is 22.2 Å². The summed E-state index contributed by atoms with van der Waals surface area (Å²) in [5.41, 5.74) is 1.70. The zero-order valence-electron chi connectivity index (χ0n) is 11.5. The maximum atomic E-state index is 4.55. The minimum absolute atomic E-state index is 0.645. The van der Waals surface area contributed by atoms with E-state index in [1.165, 1.54) is 0 Å². The van der Waals surface area contributed by atoms with E-state index in [2.05, 4.69) is 24.9 Å². The molecule has 0 unspecified atom stereocenters. The van der Waals surface area contributed by atoms with Gasteiger partial charge in [0, 0.05) is 24.3 Å². The lowest BCUT2D eigenvalue weighted by Gasteiger charge is -2.05. The summed E-state index contributed by atoms with van der Waals surface area (Å²) in [5.74, 6) is 2.11. The first-order chi connectivity index (χ1) is 10.3. The zero-order chi connectivity index (χ0) is 14.5. The van der Waals surface area contributed by atoms with Gasteiger partial charge in [0.2, 0.25) is 0 Å². The van der Waals surface area contributed by atoms with Crippen molar-refractivity contribution in [3.8, 4) is 11.5 Å². The Labute approximate surface area is 126 Å². The predicted octanol–water partition coefficient (Wildman–Crippen LogP) is 2.93. The molecular weight excluding hydrogens is 282 g/mol. The van der Waals surface area contributed by atoms with Gasteiger partial charge in [-0.1, -0.05) is 17.8 Å². The van der Waals surface area contributed by atoms with Crippen LogP contribution in [0.25, 0.3) is 11.5 Å². The van der Waals surface area contributed by atoms with Crippen LogP contribution in [0.3, 0.4) is 0 Å². The Bertz CT molecular complexity index is 719. The Morgan fingerprint density at radius 2 is 1.76 bits per heavy atom.